The van der Waals surface area contributed by atoms with Crippen LogP contribution < -0.4 is 0 Å². The minimum absolute atomic E-state index is 0.0512. The number of aromatic carboxylic acids is 1. The van der Waals surface area contributed by atoms with Crippen molar-refractivity contribution in [2.24, 2.45) is 0 Å². The fraction of sp³-hybridized carbons (Fsp3) is 0.364. The van der Waals surface area contributed by atoms with Gasteiger partial charge in [0.15, 0.2) is 0 Å². The monoisotopic (exact) mass is 226 g/mol. The molecular formula is C11H14O5. The maximum Gasteiger partial charge on any atom is 0.335 e. The topological polar surface area (TPSA) is 98.0 Å². The first kappa shape index (κ1) is 12.5. The van der Waals surface area contributed by atoms with Gasteiger partial charge in [-0.3, -0.25) is 0 Å². The predicted octanol–water partition coefficient (Wildman–Crippen LogP) is 0.160. The zero-order chi connectivity index (χ0) is 12.1. The number of aromatic hydroxyl groups is 1. The molecule has 0 aliphatic carbocycles. The first-order chi connectivity index (χ1) is 7.61. The summed E-state index contributed by atoms with van der Waals surface area (Å²) in [6.07, 6.45) is 0.313. The van der Waals surface area contributed by atoms with Gasteiger partial charge in [-0.25, -0.2) is 4.79 Å². The molecule has 88 valence electrons. The summed E-state index contributed by atoms with van der Waals surface area (Å²) in [6, 6.07) is 2.58. The Bertz CT molecular complexity index is 386. The van der Waals surface area contributed by atoms with Gasteiger partial charge in [-0.1, -0.05) is 0 Å². The number of rotatable bonds is 5. The van der Waals surface area contributed by atoms with E-state index in [4.69, 9.17) is 15.3 Å². The van der Waals surface area contributed by atoms with E-state index in [2.05, 4.69) is 0 Å². The van der Waals surface area contributed by atoms with E-state index in [1.54, 1.807) is 0 Å². The molecule has 0 heterocycles. The van der Waals surface area contributed by atoms with Crippen molar-refractivity contribution >= 4 is 5.97 Å². The summed E-state index contributed by atoms with van der Waals surface area (Å²) in [7, 11) is 0. The summed E-state index contributed by atoms with van der Waals surface area (Å²) in [5.41, 5.74) is 0.816. The van der Waals surface area contributed by atoms with Crippen LogP contribution in [0.2, 0.25) is 0 Å². The molecule has 0 saturated carbocycles. The first-order valence-corrected chi connectivity index (χ1v) is 4.90. The summed E-state index contributed by atoms with van der Waals surface area (Å²) >= 11 is 0. The number of aliphatic hydroxyl groups is 2. The molecule has 0 aliphatic heterocycles. The van der Waals surface area contributed by atoms with Gasteiger partial charge < -0.3 is 20.4 Å². The smallest absolute Gasteiger partial charge is 0.335 e. The molecule has 0 saturated heterocycles. The lowest BCUT2D eigenvalue weighted by Crippen LogP contribution is -2.09. The van der Waals surface area contributed by atoms with Crippen molar-refractivity contribution in [3.8, 4) is 5.75 Å². The SMILES string of the molecule is O=C(O)c1ccc(O)c(CCO)c1CCO. The minimum Gasteiger partial charge on any atom is -0.508 e. The van der Waals surface area contributed by atoms with Gasteiger partial charge in [0.2, 0.25) is 0 Å². The van der Waals surface area contributed by atoms with Crippen molar-refractivity contribution < 1.29 is 25.2 Å². The van der Waals surface area contributed by atoms with Gasteiger partial charge in [-0.15, -0.1) is 0 Å². The Morgan fingerprint density at radius 1 is 1.06 bits per heavy atom. The zero-order valence-electron chi connectivity index (χ0n) is 8.68. The average molecular weight is 226 g/mol. The van der Waals surface area contributed by atoms with Crippen LogP contribution in [-0.4, -0.2) is 39.6 Å². The molecule has 5 nitrogen and oxygen atoms in total. The maximum atomic E-state index is 10.9. The van der Waals surface area contributed by atoms with Gasteiger partial charge in [-0.2, -0.15) is 0 Å². The Morgan fingerprint density at radius 2 is 1.62 bits per heavy atom. The molecule has 1 rings (SSSR count). The molecule has 5 heteroatoms. The Kier molecular flexibility index (Phi) is 4.28. The molecule has 0 atom stereocenters. The molecule has 0 radical (unpaired) electrons. The van der Waals surface area contributed by atoms with Gasteiger partial charge in [0, 0.05) is 18.8 Å². The second-order valence-corrected chi connectivity index (χ2v) is 3.34. The van der Waals surface area contributed by atoms with Gasteiger partial charge in [0.05, 0.1) is 5.56 Å². The highest BCUT2D eigenvalue weighted by Crippen LogP contribution is 2.25. The molecule has 0 amide bonds. The van der Waals surface area contributed by atoms with Crippen LogP contribution in [0.5, 0.6) is 5.75 Å². The molecule has 1 aromatic carbocycles. The van der Waals surface area contributed by atoms with Gasteiger partial charge in [0.25, 0.3) is 0 Å². The molecule has 4 N–H and O–H groups in total. The number of hydrogen-bond donors (Lipinski definition) is 4. The third kappa shape index (κ3) is 2.50. The number of carboxylic acid groups (broad SMARTS) is 1. The summed E-state index contributed by atoms with van der Waals surface area (Å²) in [5.74, 6) is -1.16. The van der Waals surface area contributed by atoms with E-state index in [9.17, 15) is 9.90 Å². The molecule has 0 spiro atoms. The number of benzene rings is 1. The highest BCUT2D eigenvalue weighted by Gasteiger charge is 2.16. The van der Waals surface area contributed by atoms with Crippen LogP contribution in [0, 0.1) is 0 Å². The largest absolute Gasteiger partial charge is 0.508 e. The number of phenolic OH excluding ortho intramolecular Hbond substituents is 1. The fourth-order valence-electron chi connectivity index (χ4n) is 1.67. The molecule has 16 heavy (non-hydrogen) atoms. The molecular weight excluding hydrogens is 212 g/mol. The lowest BCUT2D eigenvalue weighted by atomic mass is 9.95. The molecule has 0 fully saturated rings. The van der Waals surface area contributed by atoms with E-state index in [0.29, 0.717) is 11.1 Å². The van der Waals surface area contributed by atoms with Crippen LogP contribution in [-0.2, 0) is 12.8 Å². The standard InChI is InChI=1S/C11H14O5/c12-5-3-7-8(4-6-13)10(14)2-1-9(7)11(15)16/h1-2,12-14H,3-6H2,(H,15,16). The van der Waals surface area contributed by atoms with Crippen molar-refractivity contribution in [1.29, 1.82) is 0 Å². The van der Waals surface area contributed by atoms with E-state index in [1.807, 2.05) is 0 Å². The second kappa shape index (κ2) is 5.48. The second-order valence-electron chi connectivity index (χ2n) is 3.34. The number of carbonyl (C=O) groups is 1. The van der Waals surface area contributed by atoms with Crippen LogP contribution >= 0.6 is 0 Å². The minimum atomic E-state index is -1.11. The van der Waals surface area contributed by atoms with Crippen LogP contribution in [0.4, 0.5) is 0 Å². The Hall–Kier alpha value is -1.59. The lowest BCUT2D eigenvalue weighted by Gasteiger charge is -2.12. The molecule has 0 aliphatic rings. The van der Waals surface area contributed by atoms with Crippen molar-refractivity contribution in [1.82, 2.24) is 0 Å². The van der Waals surface area contributed by atoms with Crippen molar-refractivity contribution in [2.45, 2.75) is 12.8 Å². The third-order valence-corrected chi connectivity index (χ3v) is 2.36. The average Bonchev–Trinajstić information content (AvgIpc) is 2.23. The van der Waals surface area contributed by atoms with Gasteiger partial charge in [-0.05, 0) is 30.5 Å². The van der Waals surface area contributed by atoms with Crippen LogP contribution in [0.1, 0.15) is 21.5 Å². The lowest BCUT2D eigenvalue weighted by molar-refractivity contribution is 0.0695. The Labute approximate surface area is 92.6 Å². The first-order valence-electron chi connectivity index (χ1n) is 4.90. The van der Waals surface area contributed by atoms with E-state index in [1.165, 1.54) is 12.1 Å². The van der Waals surface area contributed by atoms with Crippen LogP contribution in [0.15, 0.2) is 12.1 Å². The van der Waals surface area contributed by atoms with Crippen molar-refractivity contribution in [3.63, 3.8) is 0 Å². The number of carboxylic acids is 1. The number of phenols is 1. The summed E-state index contributed by atoms with van der Waals surface area (Å²) in [4.78, 5) is 10.9. The van der Waals surface area contributed by atoms with E-state index < -0.39 is 5.97 Å². The summed E-state index contributed by atoms with van der Waals surface area (Å²) in [6.45, 7) is -0.392. The van der Waals surface area contributed by atoms with E-state index >= 15 is 0 Å². The van der Waals surface area contributed by atoms with Crippen molar-refractivity contribution in [2.75, 3.05) is 13.2 Å². The van der Waals surface area contributed by atoms with Crippen LogP contribution in [0.25, 0.3) is 0 Å². The van der Waals surface area contributed by atoms with Crippen molar-refractivity contribution in [3.05, 3.63) is 28.8 Å². The quantitative estimate of drug-likeness (QED) is 0.573. The zero-order valence-corrected chi connectivity index (χ0v) is 8.68. The molecule has 0 bridgehead atoms. The Morgan fingerprint density at radius 3 is 2.12 bits per heavy atom. The van der Waals surface area contributed by atoms with E-state index in [0.717, 1.165) is 0 Å². The highest BCUT2D eigenvalue weighted by atomic mass is 16.4. The summed E-state index contributed by atoms with van der Waals surface area (Å²) < 4.78 is 0. The van der Waals surface area contributed by atoms with Crippen LogP contribution in [0.3, 0.4) is 0 Å². The number of aliphatic hydroxyl groups excluding tert-OH is 2. The predicted molar refractivity (Wildman–Crippen MR) is 56.6 cm³/mol. The van der Waals surface area contributed by atoms with Gasteiger partial charge >= 0.3 is 5.97 Å². The maximum absolute atomic E-state index is 10.9. The molecule has 0 unspecified atom stereocenters. The highest BCUT2D eigenvalue weighted by molar-refractivity contribution is 5.90. The summed E-state index contributed by atoms with van der Waals surface area (Å²) in [5, 5.41) is 36.2. The molecule has 0 aromatic heterocycles. The third-order valence-electron chi connectivity index (χ3n) is 2.36. The Balaban J connectivity index is 3.30. The van der Waals surface area contributed by atoms with E-state index in [-0.39, 0.29) is 37.4 Å². The molecule has 1 aromatic rings. The van der Waals surface area contributed by atoms with Gasteiger partial charge in [0.1, 0.15) is 5.75 Å². The fourth-order valence-corrected chi connectivity index (χ4v) is 1.67. The normalized spacial score (nSPS) is 10.4. The number of hydrogen-bond acceptors (Lipinski definition) is 4.